The Balaban J connectivity index is 1.29. The first-order valence-electron chi connectivity index (χ1n) is 11.6. The summed E-state index contributed by atoms with van der Waals surface area (Å²) in [5, 5.41) is 2.31. The van der Waals surface area contributed by atoms with E-state index in [4.69, 9.17) is 6.57 Å². The molecule has 2 saturated heterocycles. The molecule has 1 atom stereocenters. The molecule has 0 spiro atoms. The number of likely N-dealkylation sites (tertiary alicyclic amines) is 1. The summed E-state index contributed by atoms with van der Waals surface area (Å²) in [7, 11) is 0. The fourth-order valence-electron chi connectivity index (χ4n) is 5.35. The Kier molecular flexibility index (Phi) is 5.88. The monoisotopic (exact) mass is 460 g/mol. The number of nitrogens with one attached hydrogen (secondary N) is 1. The fraction of sp³-hybridized carbons (Fsp3) is 0.385. The van der Waals surface area contributed by atoms with Crippen molar-refractivity contribution in [1.29, 1.82) is 0 Å². The van der Waals surface area contributed by atoms with Crippen LogP contribution in [-0.4, -0.2) is 46.7 Å². The number of carbonyl (C=O) groups excluding carboxylic acids is 3. The first kappa shape index (κ1) is 22.2. The number of imide groups is 1. The summed E-state index contributed by atoms with van der Waals surface area (Å²) >= 11 is 0. The van der Waals surface area contributed by atoms with Crippen molar-refractivity contribution in [3.05, 3.63) is 75.9 Å². The van der Waals surface area contributed by atoms with Crippen LogP contribution < -0.4 is 5.32 Å². The van der Waals surface area contributed by atoms with Gasteiger partial charge in [-0.3, -0.25) is 24.6 Å². The Hall–Kier alpha value is -3.57. The lowest BCUT2D eigenvalue weighted by molar-refractivity contribution is -0.136. The van der Waals surface area contributed by atoms with Crippen molar-refractivity contribution in [3.8, 4) is 0 Å². The zero-order valence-electron chi connectivity index (χ0n) is 18.7. The molecular formula is C26H25FN4O3. The van der Waals surface area contributed by atoms with Crippen LogP contribution in [0.3, 0.4) is 0 Å². The first-order chi connectivity index (χ1) is 16.4. The molecule has 0 aromatic heterocycles. The number of hydrogen-bond acceptors (Lipinski definition) is 4. The molecule has 174 valence electrons. The van der Waals surface area contributed by atoms with Crippen molar-refractivity contribution >= 4 is 23.4 Å². The maximum absolute atomic E-state index is 14.5. The van der Waals surface area contributed by atoms with Crippen molar-refractivity contribution in [2.45, 2.75) is 50.7 Å². The third-order valence-corrected chi connectivity index (χ3v) is 7.15. The molecule has 0 bridgehead atoms. The lowest BCUT2D eigenvalue weighted by Crippen LogP contribution is -2.52. The minimum absolute atomic E-state index is 0.139. The van der Waals surface area contributed by atoms with Gasteiger partial charge in [0.25, 0.3) is 5.91 Å². The van der Waals surface area contributed by atoms with Gasteiger partial charge in [0, 0.05) is 25.1 Å². The lowest BCUT2D eigenvalue weighted by atomic mass is 9.85. The number of nitrogens with zero attached hydrogens (tertiary/aromatic N) is 3. The average Bonchev–Trinajstić information content (AvgIpc) is 3.15. The highest BCUT2D eigenvalue weighted by atomic mass is 19.1. The van der Waals surface area contributed by atoms with E-state index in [0.717, 1.165) is 49.2 Å². The van der Waals surface area contributed by atoms with Crippen LogP contribution in [0.4, 0.5) is 10.1 Å². The molecule has 8 heteroatoms. The molecule has 0 radical (unpaired) electrons. The van der Waals surface area contributed by atoms with Crippen molar-refractivity contribution < 1.29 is 18.8 Å². The largest absolute Gasteiger partial charge is 0.322 e. The lowest BCUT2D eigenvalue weighted by Gasteiger charge is -2.33. The van der Waals surface area contributed by atoms with E-state index in [2.05, 4.69) is 15.1 Å². The predicted octanol–water partition coefficient (Wildman–Crippen LogP) is 3.52. The maximum Gasteiger partial charge on any atom is 0.255 e. The molecule has 3 aliphatic heterocycles. The molecule has 3 amide bonds. The smallest absolute Gasteiger partial charge is 0.255 e. The van der Waals surface area contributed by atoms with Crippen LogP contribution in [0.1, 0.15) is 58.6 Å². The van der Waals surface area contributed by atoms with Gasteiger partial charge in [0.1, 0.15) is 11.9 Å². The standard InChI is InChI=1S/C26H25FN4O3/c1-28-19-4-2-16(3-5-19)14-30-10-8-17(9-11-30)20-12-18(27)13-21-22(20)15-31(26(21)34)23-6-7-24(32)29-25(23)33/h2-5,12-13,17,23H,6-11,14-15H2,(H,29,32,33). The van der Waals surface area contributed by atoms with Gasteiger partial charge in [0.15, 0.2) is 5.69 Å². The van der Waals surface area contributed by atoms with Crippen LogP contribution in [0.25, 0.3) is 4.85 Å². The highest BCUT2D eigenvalue weighted by molar-refractivity contribution is 6.05. The van der Waals surface area contributed by atoms with E-state index in [1.165, 1.54) is 11.0 Å². The summed E-state index contributed by atoms with van der Waals surface area (Å²) in [6.07, 6.45) is 2.18. The number of halogens is 1. The summed E-state index contributed by atoms with van der Waals surface area (Å²) in [6, 6.07) is 9.73. The van der Waals surface area contributed by atoms with Crippen molar-refractivity contribution in [2.75, 3.05) is 13.1 Å². The van der Waals surface area contributed by atoms with E-state index in [1.807, 2.05) is 24.3 Å². The summed E-state index contributed by atoms with van der Waals surface area (Å²) in [4.78, 5) is 44.2. The third kappa shape index (κ3) is 4.19. The zero-order valence-corrected chi connectivity index (χ0v) is 18.7. The van der Waals surface area contributed by atoms with Gasteiger partial charge in [-0.1, -0.05) is 24.3 Å². The highest BCUT2D eigenvalue weighted by Crippen LogP contribution is 2.38. The quantitative estimate of drug-likeness (QED) is 0.560. The van der Waals surface area contributed by atoms with E-state index in [1.54, 1.807) is 6.07 Å². The van der Waals surface area contributed by atoms with Gasteiger partial charge < -0.3 is 4.90 Å². The van der Waals surface area contributed by atoms with Gasteiger partial charge in [-0.15, -0.1) is 0 Å². The van der Waals surface area contributed by atoms with E-state index >= 15 is 0 Å². The van der Waals surface area contributed by atoms with Gasteiger partial charge in [-0.2, -0.15) is 0 Å². The molecule has 1 N–H and O–H groups in total. The molecule has 7 nitrogen and oxygen atoms in total. The number of hydrogen-bond donors (Lipinski definition) is 1. The van der Waals surface area contributed by atoms with Gasteiger partial charge in [0.05, 0.1) is 6.57 Å². The number of rotatable bonds is 4. The molecule has 0 aliphatic carbocycles. The number of fused-ring (bicyclic) bond motifs is 1. The summed E-state index contributed by atoms with van der Waals surface area (Å²) in [5.41, 5.74) is 3.79. The SMILES string of the molecule is [C-]#[N+]c1ccc(CN2CCC(c3cc(F)cc4c3CN(C3CCC(=O)NC3=O)C4=O)CC2)cc1. The van der Waals surface area contributed by atoms with Crippen LogP contribution >= 0.6 is 0 Å². The zero-order chi connectivity index (χ0) is 23.8. The number of amides is 3. The van der Waals surface area contributed by atoms with Crippen LogP contribution in [0.2, 0.25) is 0 Å². The molecular weight excluding hydrogens is 435 g/mol. The summed E-state index contributed by atoms with van der Waals surface area (Å²) < 4.78 is 14.5. The number of carbonyl (C=O) groups is 3. The van der Waals surface area contributed by atoms with Crippen molar-refractivity contribution in [1.82, 2.24) is 15.1 Å². The van der Waals surface area contributed by atoms with Crippen LogP contribution in [0, 0.1) is 12.4 Å². The minimum Gasteiger partial charge on any atom is -0.322 e. The van der Waals surface area contributed by atoms with Gasteiger partial charge in [-0.05, 0) is 67.1 Å². The molecule has 0 saturated carbocycles. The Morgan fingerprint density at radius 1 is 1.06 bits per heavy atom. The van der Waals surface area contributed by atoms with Gasteiger partial charge in [0.2, 0.25) is 11.8 Å². The molecule has 2 fully saturated rings. The third-order valence-electron chi connectivity index (χ3n) is 7.15. The molecule has 34 heavy (non-hydrogen) atoms. The van der Waals surface area contributed by atoms with E-state index in [-0.39, 0.29) is 37.1 Å². The summed E-state index contributed by atoms with van der Waals surface area (Å²) in [6.45, 7) is 9.84. The normalized spacial score (nSPS) is 21.4. The Morgan fingerprint density at radius 3 is 2.47 bits per heavy atom. The van der Waals surface area contributed by atoms with E-state index in [9.17, 15) is 18.8 Å². The Morgan fingerprint density at radius 2 is 1.79 bits per heavy atom. The van der Waals surface area contributed by atoms with Crippen LogP contribution in [0.15, 0.2) is 36.4 Å². The van der Waals surface area contributed by atoms with Crippen LogP contribution in [-0.2, 0) is 22.7 Å². The molecule has 2 aromatic rings. The molecule has 1 unspecified atom stereocenters. The predicted molar refractivity (Wildman–Crippen MR) is 122 cm³/mol. The second kappa shape index (κ2) is 8.99. The first-order valence-corrected chi connectivity index (χ1v) is 11.6. The summed E-state index contributed by atoms with van der Waals surface area (Å²) in [5.74, 6) is -1.43. The van der Waals surface area contributed by atoms with Gasteiger partial charge >= 0.3 is 0 Å². The second-order valence-electron chi connectivity index (χ2n) is 9.25. The number of piperidine rings is 2. The molecule has 2 aromatic carbocycles. The maximum atomic E-state index is 14.5. The second-order valence-corrected chi connectivity index (χ2v) is 9.25. The van der Waals surface area contributed by atoms with E-state index < -0.39 is 17.8 Å². The van der Waals surface area contributed by atoms with Crippen molar-refractivity contribution in [3.63, 3.8) is 0 Å². The fourth-order valence-corrected chi connectivity index (χ4v) is 5.35. The Bertz CT molecular complexity index is 1200. The van der Waals surface area contributed by atoms with Crippen LogP contribution in [0.5, 0.6) is 0 Å². The molecule has 3 aliphatic rings. The van der Waals surface area contributed by atoms with Gasteiger partial charge in [-0.25, -0.2) is 9.24 Å². The van der Waals surface area contributed by atoms with E-state index in [0.29, 0.717) is 11.3 Å². The van der Waals surface area contributed by atoms with Crippen molar-refractivity contribution in [2.24, 2.45) is 0 Å². The molecule has 3 heterocycles. The minimum atomic E-state index is -0.704. The number of benzene rings is 2. The highest BCUT2D eigenvalue weighted by Gasteiger charge is 2.41. The molecule has 5 rings (SSSR count). The Labute approximate surface area is 197 Å². The topological polar surface area (TPSA) is 74.1 Å². The average molecular weight is 461 g/mol.